The Morgan fingerprint density at radius 3 is 0.924 bits per heavy atom. The third-order valence-electron chi connectivity index (χ3n) is 14.4. The lowest BCUT2D eigenvalue weighted by atomic mass is 10.0. The summed E-state index contributed by atoms with van der Waals surface area (Å²) >= 11 is 0. The van der Waals surface area contributed by atoms with Crippen LogP contribution in [0, 0.1) is 0 Å². The Morgan fingerprint density at radius 2 is 0.621 bits per heavy atom. The molecule has 0 aromatic heterocycles. The lowest BCUT2D eigenvalue weighted by molar-refractivity contribution is -0.143. The highest BCUT2D eigenvalue weighted by Gasteiger charge is 2.20. The zero-order valence-electron chi connectivity index (χ0n) is 45.0. The van der Waals surface area contributed by atoms with Gasteiger partial charge in [0.15, 0.2) is 0 Å². The topological polar surface area (TPSA) is 95.9 Å². The Bertz CT molecular complexity index is 944. The lowest BCUT2D eigenvalue weighted by Crippen LogP contribution is -2.45. The smallest absolute Gasteiger partial charge is 0.305 e. The first-order valence-electron chi connectivity index (χ1n) is 30.3. The quantitative estimate of drug-likeness (QED) is 0.0417. The van der Waals surface area contributed by atoms with E-state index >= 15 is 0 Å². The summed E-state index contributed by atoms with van der Waals surface area (Å²) < 4.78 is 5.48. The van der Waals surface area contributed by atoms with Gasteiger partial charge in [-0.15, -0.1) is 0 Å². The van der Waals surface area contributed by atoms with Crippen LogP contribution in [0.3, 0.4) is 0 Å². The van der Waals surface area contributed by atoms with Crippen molar-refractivity contribution in [3.63, 3.8) is 0 Å². The number of aliphatic hydroxyl groups is 2. The summed E-state index contributed by atoms with van der Waals surface area (Å²) in [5.74, 6) is -0.0347. The molecule has 0 spiro atoms. The first-order valence-corrected chi connectivity index (χ1v) is 30.3. The molecule has 0 saturated carbocycles. The van der Waals surface area contributed by atoms with E-state index in [9.17, 15) is 19.8 Å². The number of amides is 1. The second kappa shape index (κ2) is 56.4. The van der Waals surface area contributed by atoms with E-state index in [1.54, 1.807) is 0 Å². The van der Waals surface area contributed by atoms with Crippen LogP contribution in [0.25, 0.3) is 0 Å². The van der Waals surface area contributed by atoms with Gasteiger partial charge in [0.25, 0.3) is 0 Å². The van der Waals surface area contributed by atoms with E-state index in [4.69, 9.17) is 4.74 Å². The molecular formula is C60H119NO5. The molecule has 0 aliphatic carbocycles. The van der Waals surface area contributed by atoms with Gasteiger partial charge in [-0.25, -0.2) is 0 Å². The first-order chi connectivity index (χ1) is 32.5. The second-order valence-electron chi connectivity index (χ2n) is 21.1. The van der Waals surface area contributed by atoms with Gasteiger partial charge in [-0.2, -0.15) is 0 Å². The molecule has 0 bridgehead atoms. The molecule has 6 nitrogen and oxygen atoms in total. The zero-order chi connectivity index (χ0) is 47.9. The Morgan fingerprint density at radius 1 is 0.364 bits per heavy atom. The van der Waals surface area contributed by atoms with E-state index in [-0.39, 0.29) is 18.5 Å². The second-order valence-corrected chi connectivity index (χ2v) is 21.1. The predicted octanol–water partition coefficient (Wildman–Crippen LogP) is 18.7. The fourth-order valence-corrected chi connectivity index (χ4v) is 9.76. The molecule has 1 amide bonds. The Balaban J connectivity index is 3.41. The number of hydrogen-bond acceptors (Lipinski definition) is 5. The average molecular weight is 935 g/mol. The third kappa shape index (κ3) is 52.2. The molecule has 0 aromatic rings. The normalized spacial score (nSPS) is 12.5. The van der Waals surface area contributed by atoms with Gasteiger partial charge in [0.1, 0.15) is 0 Å². The fourth-order valence-electron chi connectivity index (χ4n) is 9.76. The molecule has 66 heavy (non-hydrogen) atoms. The minimum Gasteiger partial charge on any atom is -0.466 e. The van der Waals surface area contributed by atoms with E-state index in [1.165, 1.54) is 270 Å². The van der Waals surface area contributed by atoms with Crippen molar-refractivity contribution in [3.8, 4) is 0 Å². The molecule has 0 radical (unpaired) electrons. The monoisotopic (exact) mass is 934 g/mol. The van der Waals surface area contributed by atoms with Crippen LogP contribution in [-0.2, 0) is 14.3 Å². The van der Waals surface area contributed by atoms with Crippen molar-refractivity contribution in [2.24, 2.45) is 0 Å². The number of aliphatic hydroxyl groups excluding tert-OH is 2. The van der Waals surface area contributed by atoms with E-state index in [0.29, 0.717) is 25.9 Å². The number of ether oxygens (including phenoxy) is 1. The van der Waals surface area contributed by atoms with Gasteiger partial charge in [-0.3, -0.25) is 9.59 Å². The predicted molar refractivity (Wildman–Crippen MR) is 287 cm³/mol. The molecule has 6 heteroatoms. The first kappa shape index (κ1) is 64.9. The summed E-state index contributed by atoms with van der Waals surface area (Å²) in [6.45, 7) is 4.97. The Hall–Kier alpha value is -1.14. The summed E-state index contributed by atoms with van der Waals surface area (Å²) in [4.78, 5) is 24.6. The summed E-state index contributed by atoms with van der Waals surface area (Å²) in [5.41, 5.74) is 0. The van der Waals surface area contributed by atoms with Crippen LogP contribution in [0.1, 0.15) is 348 Å². The molecule has 0 aliphatic rings. The standard InChI is InChI=1S/C60H119NO5/c1-3-5-7-9-11-13-15-17-19-20-21-22-23-25-28-32-36-40-44-48-52-58(63)57(56-62)61-59(64)53-49-45-41-37-33-29-26-24-27-31-35-39-43-47-51-55-66-60(65)54-50-46-42-38-34-30-18-16-14-12-10-8-6-4-2/h57-58,62-63H,3-56H2,1-2H3,(H,61,64). The van der Waals surface area contributed by atoms with Crippen molar-refractivity contribution in [1.82, 2.24) is 5.32 Å². The van der Waals surface area contributed by atoms with Gasteiger partial charge >= 0.3 is 5.97 Å². The zero-order valence-corrected chi connectivity index (χ0v) is 45.0. The number of carbonyl (C=O) groups excluding carboxylic acids is 2. The highest BCUT2D eigenvalue weighted by atomic mass is 16.5. The van der Waals surface area contributed by atoms with Crippen molar-refractivity contribution in [3.05, 3.63) is 0 Å². The SMILES string of the molecule is CCCCCCCCCCCCCCCCCCCCCCC(O)C(CO)NC(=O)CCCCCCCCCCCCCCCCCOC(=O)CCCCCCCCCCCCCCCC. The maximum Gasteiger partial charge on any atom is 0.305 e. The third-order valence-corrected chi connectivity index (χ3v) is 14.4. The molecule has 3 N–H and O–H groups in total. The van der Waals surface area contributed by atoms with Crippen LogP contribution in [0.5, 0.6) is 0 Å². The average Bonchev–Trinajstić information content (AvgIpc) is 3.32. The largest absolute Gasteiger partial charge is 0.466 e. The number of hydrogen-bond donors (Lipinski definition) is 3. The maximum atomic E-state index is 12.5. The lowest BCUT2D eigenvalue weighted by Gasteiger charge is -2.22. The number of carbonyl (C=O) groups is 2. The molecule has 0 aromatic carbocycles. The van der Waals surface area contributed by atoms with Crippen LogP contribution in [0.4, 0.5) is 0 Å². The molecular weight excluding hydrogens is 815 g/mol. The van der Waals surface area contributed by atoms with Crippen LogP contribution in [0.15, 0.2) is 0 Å². The van der Waals surface area contributed by atoms with Gasteiger partial charge in [0.2, 0.25) is 5.91 Å². The van der Waals surface area contributed by atoms with Gasteiger partial charge in [-0.1, -0.05) is 309 Å². The van der Waals surface area contributed by atoms with Crippen molar-refractivity contribution >= 4 is 11.9 Å². The summed E-state index contributed by atoms with van der Waals surface area (Å²) in [6, 6.07) is -0.547. The maximum absolute atomic E-state index is 12.5. The van der Waals surface area contributed by atoms with Gasteiger partial charge in [-0.05, 0) is 25.7 Å². The molecule has 0 rings (SSSR count). The van der Waals surface area contributed by atoms with E-state index in [1.807, 2.05) is 0 Å². The van der Waals surface area contributed by atoms with Crippen molar-refractivity contribution in [2.75, 3.05) is 13.2 Å². The molecule has 0 saturated heterocycles. The van der Waals surface area contributed by atoms with Crippen LogP contribution in [-0.4, -0.2) is 47.4 Å². The molecule has 394 valence electrons. The number of nitrogens with one attached hydrogen (secondary N) is 1. The fraction of sp³-hybridized carbons (Fsp3) is 0.967. The summed E-state index contributed by atoms with van der Waals surface area (Å²) in [5, 5.41) is 23.3. The minimum atomic E-state index is -0.669. The van der Waals surface area contributed by atoms with E-state index in [2.05, 4.69) is 19.2 Å². The number of esters is 1. The highest BCUT2D eigenvalue weighted by Crippen LogP contribution is 2.18. The number of rotatable bonds is 57. The van der Waals surface area contributed by atoms with Gasteiger partial charge in [0, 0.05) is 12.8 Å². The molecule has 0 aliphatic heterocycles. The summed E-state index contributed by atoms with van der Waals surface area (Å²) in [6.07, 6.45) is 65.2. The van der Waals surface area contributed by atoms with Crippen LogP contribution >= 0.6 is 0 Å². The van der Waals surface area contributed by atoms with Crippen molar-refractivity contribution in [1.29, 1.82) is 0 Å². The summed E-state index contributed by atoms with van der Waals surface area (Å²) in [7, 11) is 0. The Kier molecular flexibility index (Phi) is 55.5. The van der Waals surface area contributed by atoms with Gasteiger partial charge < -0.3 is 20.3 Å². The molecule has 2 atom stereocenters. The molecule has 2 unspecified atom stereocenters. The number of unbranched alkanes of at least 4 members (excludes halogenated alkanes) is 46. The van der Waals surface area contributed by atoms with Crippen LogP contribution in [0.2, 0.25) is 0 Å². The minimum absolute atomic E-state index is 0.00430. The van der Waals surface area contributed by atoms with Crippen molar-refractivity contribution < 1.29 is 24.5 Å². The van der Waals surface area contributed by atoms with Crippen LogP contribution < -0.4 is 5.32 Å². The Labute approximate surface area is 413 Å². The highest BCUT2D eigenvalue weighted by molar-refractivity contribution is 5.76. The van der Waals surface area contributed by atoms with E-state index in [0.717, 1.165) is 44.9 Å². The molecule has 0 heterocycles. The van der Waals surface area contributed by atoms with Crippen molar-refractivity contribution in [2.45, 2.75) is 360 Å². The van der Waals surface area contributed by atoms with Gasteiger partial charge in [0.05, 0.1) is 25.4 Å². The van der Waals surface area contributed by atoms with E-state index < -0.39 is 12.1 Å². The molecule has 0 fully saturated rings.